The third-order valence-electron chi connectivity index (χ3n) is 5.05. The van der Waals surface area contributed by atoms with Crippen LogP contribution in [0.3, 0.4) is 0 Å². The van der Waals surface area contributed by atoms with Crippen LogP contribution in [0.2, 0.25) is 0 Å². The van der Waals surface area contributed by atoms with Crippen LogP contribution in [0.25, 0.3) is 0 Å². The summed E-state index contributed by atoms with van der Waals surface area (Å²) >= 11 is 0. The lowest BCUT2D eigenvalue weighted by molar-refractivity contribution is -0.138. The molecule has 9 heteroatoms. The van der Waals surface area contributed by atoms with Crippen molar-refractivity contribution < 1.29 is 24.3 Å². The van der Waals surface area contributed by atoms with E-state index in [9.17, 15) is 19.2 Å². The minimum atomic E-state index is -1.17. The van der Waals surface area contributed by atoms with Gasteiger partial charge in [0.05, 0.1) is 6.04 Å². The van der Waals surface area contributed by atoms with Gasteiger partial charge in [0, 0.05) is 6.42 Å². The van der Waals surface area contributed by atoms with E-state index >= 15 is 0 Å². The first-order chi connectivity index (χ1) is 14.8. The highest BCUT2D eigenvalue weighted by atomic mass is 16.4. The highest BCUT2D eigenvalue weighted by Crippen LogP contribution is 2.10. The second-order valence-corrected chi connectivity index (χ2v) is 8.20. The van der Waals surface area contributed by atoms with Gasteiger partial charge in [0.15, 0.2) is 0 Å². The van der Waals surface area contributed by atoms with Crippen LogP contribution in [0.5, 0.6) is 0 Å². The van der Waals surface area contributed by atoms with Crippen LogP contribution < -0.4 is 21.3 Å². The molecule has 1 aromatic carbocycles. The highest BCUT2D eigenvalue weighted by Gasteiger charge is 2.30. The van der Waals surface area contributed by atoms with Crippen molar-refractivity contribution in [3.63, 3.8) is 0 Å². The molecule has 1 fully saturated rings. The van der Waals surface area contributed by atoms with Gasteiger partial charge in [0.2, 0.25) is 17.7 Å². The zero-order chi connectivity index (χ0) is 22.8. The summed E-state index contributed by atoms with van der Waals surface area (Å²) in [5.74, 6) is -2.32. The van der Waals surface area contributed by atoms with Crippen molar-refractivity contribution in [2.24, 2.45) is 5.92 Å². The molecule has 9 nitrogen and oxygen atoms in total. The average Bonchev–Trinajstić information content (AvgIpc) is 3.26. The summed E-state index contributed by atoms with van der Waals surface area (Å²) in [5.41, 5.74) is 0.817. The highest BCUT2D eigenvalue weighted by molar-refractivity contribution is 5.93. The molecule has 1 heterocycles. The molecule has 2 rings (SSSR count). The van der Waals surface area contributed by atoms with E-state index in [0.29, 0.717) is 6.42 Å². The van der Waals surface area contributed by atoms with Gasteiger partial charge in [-0.2, -0.15) is 0 Å². The maximum absolute atomic E-state index is 13.0. The van der Waals surface area contributed by atoms with E-state index in [1.807, 2.05) is 44.2 Å². The molecule has 0 radical (unpaired) electrons. The molecule has 31 heavy (non-hydrogen) atoms. The van der Waals surface area contributed by atoms with E-state index in [2.05, 4.69) is 21.3 Å². The quantitative estimate of drug-likeness (QED) is 0.339. The molecule has 3 amide bonds. The zero-order valence-electron chi connectivity index (χ0n) is 18.0. The van der Waals surface area contributed by atoms with Gasteiger partial charge in [-0.1, -0.05) is 44.2 Å². The lowest BCUT2D eigenvalue weighted by Gasteiger charge is -2.25. The molecule has 0 spiro atoms. The van der Waals surface area contributed by atoms with E-state index in [-0.39, 0.29) is 24.3 Å². The molecule has 0 bridgehead atoms. The number of carboxylic acids is 1. The van der Waals surface area contributed by atoms with Crippen LogP contribution in [0.1, 0.15) is 38.7 Å². The fourth-order valence-electron chi connectivity index (χ4n) is 3.50. The molecule has 0 aliphatic carbocycles. The smallest absolute Gasteiger partial charge is 0.322 e. The first-order valence-corrected chi connectivity index (χ1v) is 10.6. The zero-order valence-corrected chi connectivity index (χ0v) is 18.0. The second-order valence-electron chi connectivity index (χ2n) is 8.20. The summed E-state index contributed by atoms with van der Waals surface area (Å²) in [6.07, 6.45) is 2.24. The lowest BCUT2D eigenvalue weighted by Crippen LogP contribution is -2.56. The van der Waals surface area contributed by atoms with E-state index in [1.165, 1.54) is 0 Å². The Morgan fingerprint density at radius 1 is 1.06 bits per heavy atom. The van der Waals surface area contributed by atoms with Gasteiger partial charge in [-0.05, 0) is 37.3 Å². The molecule has 0 aromatic heterocycles. The number of nitrogens with one attached hydrogen (secondary N) is 4. The Kier molecular flexibility index (Phi) is 9.45. The number of carbonyl (C=O) groups is 4. The molecule has 3 atom stereocenters. The predicted octanol–water partition coefficient (Wildman–Crippen LogP) is 0.198. The summed E-state index contributed by atoms with van der Waals surface area (Å²) in [7, 11) is 0. The minimum Gasteiger partial charge on any atom is -0.480 e. The number of hydrogen-bond acceptors (Lipinski definition) is 5. The summed E-state index contributed by atoms with van der Waals surface area (Å²) in [4.78, 5) is 49.0. The van der Waals surface area contributed by atoms with Crippen LogP contribution in [-0.2, 0) is 25.6 Å². The molecule has 1 saturated heterocycles. The Bertz CT molecular complexity index is 762. The summed E-state index contributed by atoms with van der Waals surface area (Å²) in [6.45, 7) is 4.12. The molecule has 170 valence electrons. The molecular formula is C22H32N4O5. The maximum atomic E-state index is 13.0. The van der Waals surface area contributed by atoms with Gasteiger partial charge in [-0.3, -0.25) is 19.2 Å². The van der Waals surface area contributed by atoms with Gasteiger partial charge < -0.3 is 26.4 Å². The first kappa shape index (κ1) is 24.3. The Balaban J connectivity index is 2.11. The van der Waals surface area contributed by atoms with Gasteiger partial charge in [-0.15, -0.1) is 0 Å². The Morgan fingerprint density at radius 2 is 1.77 bits per heavy atom. The normalized spacial score (nSPS) is 17.6. The summed E-state index contributed by atoms with van der Waals surface area (Å²) in [5, 5.41) is 19.8. The monoisotopic (exact) mass is 432 g/mol. The number of rotatable bonds is 11. The van der Waals surface area contributed by atoms with Crippen LogP contribution in [-0.4, -0.2) is 60.0 Å². The van der Waals surface area contributed by atoms with Crippen molar-refractivity contribution in [2.75, 3.05) is 13.1 Å². The van der Waals surface area contributed by atoms with Crippen molar-refractivity contribution >= 4 is 23.7 Å². The SMILES string of the molecule is CC(C)CC(NC(=O)C1CCCN1)C(=O)NC(Cc1ccccc1)C(=O)NCC(=O)O. The van der Waals surface area contributed by atoms with E-state index in [4.69, 9.17) is 5.11 Å². The van der Waals surface area contributed by atoms with E-state index in [1.54, 1.807) is 0 Å². The number of amides is 3. The topological polar surface area (TPSA) is 137 Å². The third kappa shape index (κ3) is 8.37. The van der Waals surface area contributed by atoms with Crippen molar-refractivity contribution in [2.45, 2.75) is 57.7 Å². The van der Waals surface area contributed by atoms with Gasteiger partial charge in [-0.25, -0.2) is 0 Å². The van der Waals surface area contributed by atoms with Gasteiger partial charge in [0.1, 0.15) is 18.6 Å². The number of carbonyl (C=O) groups excluding carboxylic acids is 3. The van der Waals surface area contributed by atoms with Crippen molar-refractivity contribution in [1.82, 2.24) is 21.3 Å². The van der Waals surface area contributed by atoms with Gasteiger partial charge >= 0.3 is 5.97 Å². The van der Waals surface area contributed by atoms with Crippen LogP contribution in [0, 0.1) is 5.92 Å². The Morgan fingerprint density at radius 3 is 2.35 bits per heavy atom. The van der Waals surface area contributed by atoms with E-state index in [0.717, 1.165) is 24.9 Å². The van der Waals surface area contributed by atoms with Crippen LogP contribution in [0.15, 0.2) is 30.3 Å². The van der Waals surface area contributed by atoms with Crippen molar-refractivity contribution in [3.05, 3.63) is 35.9 Å². The number of hydrogen-bond donors (Lipinski definition) is 5. The predicted molar refractivity (Wildman–Crippen MR) is 115 cm³/mol. The molecule has 3 unspecified atom stereocenters. The fourth-order valence-corrected chi connectivity index (χ4v) is 3.50. The molecule has 1 aliphatic heterocycles. The lowest BCUT2D eigenvalue weighted by atomic mass is 10.0. The summed E-state index contributed by atoms with van der Waals surface area (Å²) in [6, 6.07) is 7.05. The Labute approximate surface area is 182 Å². The molecule has 1 aliphatic rings. The molecular weight excluding hydrogens is 400 g/mol. The average molecular weight is 433 g/mol. The first-order valence-electron chi connectivity index (χ1n) is 10.6. The number of benzene rings is 1. The van der Waals surface area contributed by atoms with Crippen LogP contribution >= 0.6 is 0 Å². The van der Waals surface area contributed by atoms with Crippen molar-refractivity contribution in [1.29, 1.82) is 0 Å². The van der Waals surface area contributed by atoms with Gasteiger partial charge in [0.25, 0.3) is 0 Å². The van der Waals surface area contributed by atoms with Crippen molar-refractivity contribution in [3.8, 4) is 0 Å². The third-order valence-corrected chi connectivity index (χ3v) is 5.05. The standard InChI is InChI=1S/C22H32N4O5/c1-14(2)11-17(25-21(30)16-9-6-10-23-16)22(31)26-18(20(29)24-13-19(27)28)12-15-7-4-3-5-8-15/h3-5,7-8,14,16-18,23H,6,9-13H2,1-2H3,(H,24,29)(H,25,30)(H,26,31)(H,27,28). The molecule has 5 N–H and O–H groups in total. The maximum Gasteiger partial charge on any atom is 0.322 e. The largest absolute Gasteiger partial charge is 0.480 e. The summed E-state index contributed by atoms with van der Waals surface area (Å²) < 4.78 is 0. The minimum absolute atomic E-state index is 0.140. The molecule has 1 aromatic rings. The number of carboxylic acid groups (broad SMARTS) is 1. The van der Waals surface area contributed by atoms with Crippen LogP contribution in [0.4, 0.5) is 0 Å². The molecule has 0 saturated carbocycles. The Hall–Kier alpha value is -2.94. The second kappa shape index (κ2) is 12.0. The number of aliphatic carboxylic acids is 1. The van der Waals surface area contributed by atoms with E-state index < -0.39 is 36.4 Å². The fraction of sp³-hybridized carbons (Fsp3) is 0.545.